The summed E-state index contributed by atoms with van der Waals surface area (Å²) in [6.45, 7) is 3.83. The second-order valence-corrected chi connectivity index (χ2v) is 8.09. The Kier molecular flexibility index (Phi) is 4.40. The van der Waals surface area contributed by atoms with E-state index in [2.05, 4.69) is 17.6 Å². The van der Waals surface area contributed by atoms with Crippen LogP contribution in [0.25, 0.3) is 15.9 Å². The van der Waals surface area contributed by atoms with Crippen molar-refractivity contribution in [1.29, 1.82) is 0 Å². The molecule has 28 heavy (non-hydrogen) atoms. The van der Waals surface area contributed by atoms with Gasteiger partial charge >= 0.3 is 0 Å². The van der Waals surface area contributed by atoms with Crippen LogP contribution in [0.3, 0.4) is 0 Å². The molecule has 4 rings (SSSR count). The van der Waals surface area contributed by atoms with Gasteiger partial charge in [0.25, 0.3) is 5.56 Å². The average molecular weight is 412 g/mol. The number of rotatable bonds is 3. The van der Waals surface area contributed by atoms with Gasteiger partial charge in [-0.1, -0.05) is 0 Å². The van der Waals surface area contributed by atoms with Gasteiger partial charge in [-0.05, 0) is 43.7 Å². The molecule has 3 heterocycles. The fourth-order valence-corrected chi connectivity index (χ4v) is 4.42. The zero-order valence-electron chi connectivity index (χ0n) is 15.3. The molecular weight excluding hydrogens is 396 g/mol. The number of nitrogens with zero attached hydrogens (tertiary/aromatic N) is 2. The molecule has 0 radical (unpaired) electrons. The zero-order chi connectivity index (χ0) is 20.2. The third-order valence-electron chi connectivity index (χ3n) is 4.74. The predicted octanol–water partition coefficient (Wildman–Crippen LogP) is 3.76. The summed E-state index contributed by atoms with van der Waals surface area (Å²) in [5.74, 6) is -0.173. The lowest BCUT2D eigenvalue weighted by molar-refractivity contribution is 0.103. The maximum atomic E-state index is 13.1. The minimum absolute atomic E-state index is 0.0797. The van der Waals surface area contributed by atoms with Gasteiger partial charge in [-0.15, -0.1) is 24.0 Å². The number of methoxy groups -OCH3 is 1. The summed E-state index contributed by atoms with van der Waals surface area (Å²) in [6.07, 6.45) is 1.44. The number of benzene rings is 1. The molecule has 1 N–H and O–H groups in total. The molecule has 0 saturated carbocycles. The zero-order valence-corrected chi connectivity index (χ0v) is 17.0. The molecule has 1 aromatic carbocycles. The van der Waals surface area contributed by atoms with Gasteiger partial charge in [-0.25, -0.2) is 4.98 Å². The highest BCUT2D eigenvalue weighted by Gasteiger charge is 2.19. The van der Waals surface area contributed by atoms with Gasteiger partial charge in [-0.3, -0.25) is 14.0 Å². The molecule has 4 aromatic rings. The minimum atomic E-state index is -0.446. The van der Waals surface area contributed by atoms with Crippen LogP contribution < -0.4 is 10.3 Å². The number of hydrogen-bond acceptors (Lipinski definition) is 7. The van der Waals surface area contributed by atoms with Crippen LogP contribution in [-0.2, 0) is 0 Å². The highest BCUT2D eigenvalue weighted by Crippen LogP contribution is 2.29. The number of carbonyl (C=O) groups excluding carboxylic acids is 1. The number of phenols is 1. The van der Waals surface area contributed by atoms with Crippen LogP contribution in [-0.4, -0.2) is 27.4 Å². The van der Waals surface area contributed by atoms with Crippen molar-refractivity contribution in [3.8, 4) is 11.5 Å². The van der Waals surface area contributed by atoms with Gasteiger partial charge in [-0.2, -0.15) is 0 Å². The topological polar surface area (TPSA) is 80.9 Å². The lowest BCUT2D eigenvalue weighted by Gasteiger charge is -2.10. The third kappa shape index (κ3) is 2.76. The van der Waals surface area contributed by atoms with Crippen molar-refractivity contribution in [3.05, 3.63) is 62.4 Å². The number of hydrogen-bond donors (Lipinski definition) is 2. The summed E-state index contributed by atoms with van der Waals surface area (Å²) >= 11 is 5.90. The van der Waals surface area contributed by atoms with E-state index in [1.807, 2.05) is 13.8 Å². The molecule has 3 aromatic heterocycles. The number of aromatic hydroxyl groups is 1. The Balaban J connectivity index is 1.98. The first-order valence-corrected chi connectivity index (χ1v) is 9.65. The lowest BCUT2D eigenvalue weighted by Crippen LogP contribution is -2.17. The summed E-state index contributed by atoms with van der Waals surface area (Å²) in [5, 5.41) is 10.6. The van der Waals surface area contributed by atoms with Gasteiger partial charge in [0, 0.05) is 21.5 Å². The molecule has 0 unspecified atom stereocenters. The quantitative estimate of drug-likeness (QED) is 0.396. The van der Waals surface area contributed by atoms with Gasteiger partial charge in [0.2, 0.25) is 0 Å². The maximum Gasteiger partial charge on any atom is 0.266 e. The van der Waals surface area contributed by atoms with Crippen LogP contribution in [0.1, 0.15) is 26.4 Å². The van der Waals surface area contributed by atoms with E-state index in [1.54, 1.807) is 12.1 Å². The number of pyridine rings is 1. The van der Waals surface area contributed by atoms with E-state index < -0.39 is 5.78 Å². The van der Waals surface area contributed by atoms with E-state index in [0.717, 1.165) is 10.4 Å². The average Bonchev–Trinajstić information content (AvgIpc) is 2.96. The smallest absolute Gasteiger partial charge is 0.266 e. The van der Waals surface area contributed by atoms with Crippen molar-refractivity contribution in [1.82, 2.24) is 9.38 Å². The van der Waals surface area contributed by atoms with E-state index in [0.29, 0.717) is 26.5 Å². The Morgan fingerprint density at radius 3 is 2.75 bits per heavy atom. The van der Waals surface area contributed by atoms with Gasteiger partial charge in [0.15, 0.2) is 11.4 Å². The largest absolute Gasteiger partial charge is 0.507 e. The number of aryl methyl sites for hydroxylation is 2. The van der Waals surface area contributed by atoms with Crippen molar-refractivity contribution < 1.29 is 14.6 Å². The molecule has 0 aliphatic carbocycles. The number of aromatic nitrogens is 2. The van der Waals surface area contributed by atoms with Crippen molar-refractivity contribution in [2.45, 2.75) is 18.7 Å². The summed E-state index contributed by atoms with van der Waals surface area (Å²) in [7, 11) is 1.48. The van der Waals surface area contributed by atoms with Crippen LogP contribution in [0.5, 0.6) is 11.5 Å². The first-order chi connectivity index (χ1) is 13.3. The van der Waals surface area contributed by atoms with Crippen LogP contribution >= 0.6 is 24.0 Å². The maximum absolute atomic E-state index is 13.1. The van der Waals surface area contributed by atoms with E-state index >= 15 is 0 Å². The normalized spacial score (nSPS) is 11.3. The summed E-state index contributed by atoms with van der Waals surface area (Å²) in [6, 6.07) is 5.95. The number of ether oxygens (including phenoxy) is 1. The van der Waals surface area contributed by atoms with Crippen molar-refractivity contribution in [3.63, 3.8) is 0 Å². The molecule has 142 valence electrons. The van der Waals surface area contributed by atoms with Crippen LogP contribution in [0.2, 0.25) is 0 Å². The highest BCUT2D eigenvalue weighted by molar-refractivity contribution is 7.80. The number of thiol groups is 1. The first kappa shape index (κ1) is 18.5. The second kappa shape index (κ2) is 6.65. The molecule has 0 aliphatic heterocycles. The fraction of sp³-hybridized carbons (Fsp3) is 0.150. The second-order valence-electron chi connectivity index (χ2n) is 6.40. The van der Waals surface area contributed by atoms with Gasteiger partial charge in [0.05, 0.1) is 18.1 Å². The third-order valence-corrected chi connectivity index (χ3v) is 6.17. The van der Waals surface area contributed by atoms with E-state index in [-0.39, 0.29) is 22.4 Å². The molecule has 0 saturated heterocycles. The minimum Gasteiger partial charge on any atom is -0.507 e. The number of carbonyl (C=O) groups is 1. The summed E-state index contributed by atoms with van der Waals surface area (Å²) < 4.78 is 6.47. The van der Waals surface area contributed by atoms with Crippen molar-refractivity contribution in [2.75, 3.05) is 7.11 Å². The standard InChI is InChI=1S/C20H16N2O4S2/c1-9-10(2)28-19-16(9)20(25)22-8-11(6-15(27)18(22)21-19)17(24)13-7-12(26-3)4-5-14(13)23/h4-8,23,27H,1-3H3. The molecule has 0 fully saturated rings. The molecule has 0 atom stereocenters. The van der Waals surface area contributed by atoms with Gasteiger partial charge in [0.1, 0.15) is 16.3 Å². The van der Waals surface area contributed by atoms with E-state index in [9.17, 15) is 14.7 Å². The lowest BCUT2D eigenvalue weighted by atomic mass is 10.0. The number of ketones is 1. The number of fused-ring (bicyclic) bond motifs is 2. The number of thiophene rings is 1. The van der Waals surface area contributed by atoms with Crippen molar-refractivity contribution in [2.24, 2.45) is 0 Å². The first-order valence-electron chi connectivity index (χ1n) is 8.38. The molecule has 0 spiro atoms. The monoisotopic (exact) mass is 412 g/mol. The molecule has 0 bridgehead atoms. The Hall–Kier alpha value is -2.84. The van der Waals surface area contributed by atoms with Crippen molar-refractivity contribution >= 4 is 45.6 Å². The van der Waals surface area contributed by atoms with E-state index in [1.165, 1.54) is 41.2 Å². The Morgan fingerprint density at radius 2 is 2.04 bits per heavy atom. The molecule has 0 aliphatic rings. The Morgan fingerprint density at radius 1 is 1.29 bits per heavy atom. The Bertz CT molecular complexity index is 1340. The molecule has 0 amide bonds. The highest BCUT2D eigenvalue weighted by atomic mass is 32.1. The van der Waals surface area contributed by atoms with Gasteiger partial charge < -0.3 is 9.84 Å². The van der Waals surface area contributed by atoms with Crippen LogP contribution in [0.4, 0.5) is 0 Å². The summed E-state index contributed by atoms with van der Waals surface area (Å²) in [4.78, 5) is 32.7. The van der Waals surface area contributed by atoms with Crippen LogP contribution in [0.15, 0.2) is 40.2 Å². The summed E-state index contributed by atoms with van der Waals surface area (Å²) in [5.41, 5.74) is 1.31. The Labute approximate surface area is 169 Å². The van der Waals surface area contributed by atoms with Crippen LogP contribution in [0, 0.1) is 13.8 Å². The number of phenolic OH excluding ortho intramolecular Hbond substituents is 1. The molecule has 6 nitrogen and oxygen atoms in total. The fourth-order valence-electron chi connectivity index (χ4n) is 3.10. The molecule has 8 heteroatoms. The SMILES string of the molecule is COc1ccc(O)c(C(=O)c2cc(S)c3nc4sc(C)c(C)c4c(=O)n3c2)c1. The van der Waals surface area contributed by atoms with E-state index in [4.69, 9.17) is 4.74 Å². The molecular formula is C20H16N2O4S2. The predicted molar refractivity (Wildman–Crippen MR) is 112 cm³/mol.